The van der Waals surface area contributed by atoms with Crippen LogP contribution in [0.4, 0.5) is 4.79 Å². The molecule has 2 rings (SSSR count). The van der Waals surface area contributed by atoms with Gasteiger partial charge >= 0.3 is 6.03 Å². The summed E-state index contributed by atoms with van der Waals surface area (Å²) in [6.45, 7) is 4.07. The number of hydrogen-bond donors (Lipinski definition) is 2. The average molecular weight is 303 g/mol. The molecular weight excluding hydrogens is 282 g/mol. The van der Waals surface area contributed by atoms with Crippen LogP contribution >= 0.6 is 0 Å². The maximum Gasteiger partial charge on any atom is 0.325 e. The number of urea groups is 1. The molecule has 118 valence electrons. The predicted octanol–water partition coefficient (Wildman–Crippen LogP) is 1.33. The minimum absolute atomic E-state index is 0.239. The highest BCUT2D eigenvalue weighted by Gasteiger charge is 2.38. The molecule has 6 heteroatoms. The number of rotatable bonds is 6. The number of carbonyl (C=O) groups is 3. The quantitative estimate of drug-likeness (QED) is 0.778. The Morgan fingerprint density at radius 3 is 2.59 bits per heavy atom. The molecule has 0 bridgehead atoms. The lowest BCUT2D eigenvalue weighted by Crippen LogP contribution is -2.41. The van der Waals surface area contributed by atoms with E-state index in [-0.39, 0.29) is 18.4 Å². The first kappa shape index (κ1) is 16.0. The number of amides is 4. The number of hydrogen-bond acceptors (Lipinski definition) is 3. The minimum atomic E-state index is -0.498. The van der Waals surface area contributed by atoms with Crippen molar-refractivity contribution in [2.75, 3.05) is 6.54 Å². The van der Waals surface area contributed by atoms with Crippen LogP contribution in [0.2, 0.25) is 0 Å². The molecule has 1 heterocycles. The van der Waals surface area contributed by atoms with Crippen molar-refractivity contribution in [2.24, 2.45) is 0 Å². The van der Waals surface area contributed by atoms with Crippen LogP contribution in [-0.4, -0.2) is 35.3 Å². The maximum atomic E-state index is 12.0. The number of nitrogens with one attached hydrogen (secondary N) is 2. The van der Waals surface area contributed by atoms with Gasteiger partial charge in [-0.1, -0.05) is 43.2 Å². The molecule has 0 aromatic heterocycles. The van der Waals surface area contributed by atoms with E-state index < -0.39 is 12.1 Å². The summed E-state index contributed by atoms with van der Waals surface area (Å²) in [4.78, 5) is 36.6. The molecule has 0 radical (unpaired) electrons. The largest absolute Gasteiger partial charge is 0.350 e. The molecule has 1 fully saturated rings. The summed E-state index contributed by atoms with van der Waals surface area (Å²) < 4.78 is 0. The average Bonchev–Trinajstić information content (AvgIpc) is 2.75. The molecule has 1 saturated heterocycles. The lowest BCUT2D eigenvalue weighted by molar-refractivity contribution is -0.132. The monoisotopic (exact) mass is 303 g/mol. The normalized spacial score (nSPS) is 17.5. The second-order valence-electron chi connectivity index (χ2n) is 5.48. The molecule has 1 aliphatic heterocycles. The Morgan fingerprint density at radius 2 is 1.95 bits per heavy atom. The standard InChI is InChI=1S/C16H21N3O3/c1-3-4-13-15(21)19(16(22)18-13)10-14(20)17-9-12-7-5-11(2)6-8-12/h5-8,13H,3-4,9-10H2,1-2H3,(H,17,20)(H,18,22). The van der Waals surface area contributed by atoms with Gasteiger partial charge in [0.1, 0.15) is 12.6 Å². The van der Waals surface area contributed by atoms with Gasteiger partial charge in [-0.15, -0.1) is 0 Å². The predicted molar refractivity (Wildman–Crippen MR) is 82.0 cm³/mol. The molecule has 4 amide bonds. The molecule has 0 saturated carbocycles. The second-order valence-corrected chi connectivity index (χ2v) is 5.48. The van der Waals surface area contributed by atoms with E-state index in [1.165, 1.54) is 0 Å². The first-order valence-corrected chi connectivity index (χ1v) is 7.45. The summed E-state index contributed by atoms with van der Waals surface area (Å²) in [6, 6.07) is 6.81. The zero-order valence-corrected chi connectivity index (χ0v) is 12.9. The smallest absolute Gasteiger partial charge is 0.325 e. The first-order valence-electron chi connectivity index (χ1n) is 7.45. The van der Waals surface area contributed by atoms with E-state index in [9.17, 15) is 14.4 Å². The zero-order valence-electron chi connectivity index (χ0n) is 12.9. The van der Waals surface area contributed by atoms with Crippen molar-refractivity contribution >= 4 is 17.8 Å². The summed E-state index contributed by atoms with van der Waals surface area (Å²) in [5.74, 6) is -0.668. The topological polar surface area (TPSA) is 78.5 Å². The van der Waals surface area contributed by atoms with Crippen molar-refractivity contribution in [1.82, 2.24) is 15.5 Å². The SMILES string of the molecule is CCCC1NC(=O)N(CC(=O)NCc2ccc(C)cc2)C1=O. The van der Waals surface area contributed by atoms with Crippen LogP contribution in [0.15, 0.2) is 24.3 Å². The molecule has 0 aliphatic carbocycles. The molecule has 1 aromatic carbocycles. The molecular formula is C16H21N3O3. The summed E-state index contributed by atoms with van der Waals surface area (Å²) in [7, 11) is 0. The van der Waals surface area contributed by atoms with Crippen LogP contribution in [0.3, 0.4) is 0 Å². The van der Waals surface area contributed by atoms with Gasteiger partial charge in [0.05, 0.1) is 0 Å². The van der Waals surface area contributed by atoms with Crippen LogP contribution < -0.4 is 10.6 Å². The molecule has 1 atom stereocenters. The molecule has 1 aliphatic rings. The summed E-state index contributed by atoms with van der Waals surface area (Å²) in [5, 5.41) is 5.32. The number of aryl methyl sites for hydroxylation is 1. The Morgan fingerprint density at radius 1 is 1.27 bits per heavy atom. The van der Waals surface area contributed by atoms with E-state index in [0.717, 1.165) is 22.4 Å². The summed E-state index contributed by atoms with van der Waals surface area (Å²) in [6.07, 6.45) is 1.39. The van der Waals surface area contributed by atoms with Gasteiger partial charge < -0.3 is 10.6 Å². The summed E-state index contributed by atoms with van der Waals surface area (Å²) >= 11 is 0. The van der Waals surface area contributed by atoms with Crippen molar-refractivity contribution in [3.05, 3.63) is 35.4 Å². The van der Waals surface area contributed by atoms with E-state index in [1.54, 1.807) is 0 Å². The van der Waals surface area contributed by atoms with Crippen LogP contribution in [0.5, 0.6) is 0 Å². The zero-order chi connectivity index (χ0) is 16.1. The Labute approximate surface area is 129 Å². The third kappa shape index (κ3) is 3.84. The molecule has 22 heavy (non-hydrogen) atoms. The fourth-order valence-corrected chi connectivity index (χ4v) is 2.32. The van der Waals surface area contributed by atoms with Crippen LogP contribution in [-0.2, 0) is 16.1 Å². The van der Waals surface area contributed by atoms with Gasteiger partial charge in [0.15, 0.2) is 0 Å². The van der Waals surface area contributed by atoms with Gasteiger partial charge in [-0.2, -0.15) is 0 Å². The molecule has 6 nitrogen and oxygen atoms in total. The van der Waals surface area contributed by atoms with Gasteiger partial charge in [-0.25, -0.2) is 4.79 Å². The van der Waals surface area contributed by atoms with E-state index in [2.05, 4.69) is 10.6 Å². The molecule has 0 spiro atoms. The maximum absolute atomic E-state index is 12.0. The van der Waals surface area contributed by atoms with Crippen molar-refractivity contribution in [2.45, 2.75) is 39.3 Å². The van der Waals surface area contributed by atoms with Crippen LogP contribution in [0.1, 0.15) is 30.9 Å². The highest BCUT2D eigenvalue weighted by atomic mass is 16.2. The fourth-order valence-electron chi connectivity index (χ4n) is 2.32. The highest BCUT2D eigenvalue weighted by Crippen LogP contribution is 2.10. The Balaban J connectivity index is 1.85. The Bertz CT molecular complexity index is 569. The van der Waals surface area contributed by atoms with E-state index >= 15 is 0 Å². The molecule has 1 unspecified atom stereocenters. The van der Waals surface area contributed by atoms with Gasteiger partial charge in [0.2, 0.25) is 5.91 Å². The van der Waals surface area contributed by atoms with Gasteiger partial charge in [0.25, 0.3) is 5.91 Å². The van der Waals surface area contributed by atoms with Crippen molar-refractivity contribution in [3.8, 4) is 0 Å². The van der Waals surface area contributed by atoms with Gasteiger partial charge in [0, 0.05) is 6.54 Å². The number of imide groups is 1. The molecule has 1 aromatic rings. The lowest BCUT2D eigenvalue weighted by atomic mass is 10.1. The highest BCUT2D eigenvalue weighted by molar-refractivity contribution is 6.06. The van der Waals surface area contributed by atoms with Crippen LogP contribution in [0, 0.1) is 6.92 Å². The number of benzene rings is 1. The van der Waals surface area contributed by atoms with Crippen LogP contribution in [0.25, 0.3) is 0 Å². The molecule has 2 N–H and O–H groups in total. The summed E-state index contributed by atoms with van der Waals surface area (Å²) in [5.41, 5.74) is 2.12. The Hall–Kier alpha value is -2.37. The van der Waals surface area contributed by atoms with Gasteiger partial charge in [-0.3, -0.25) is 14.5 Å². The first-order chi connectivity index (χ1) is 10.5. The fraction of sp³-hybridized carbons (Fsp3) is 0.438. The van der Waals surface area contributed by atoms with E-state index in [4.69, 9.17) is 0 Å². The number of nitrogens with zero attached hydrogens (tertiary/aromatic N) is 1. The number of carbonyl (C=O) groups excluding carboxylic acids is 3. The lowest BCUT2D eigenvalue weighted by Gasteiger charge is -2.13. The second kappa shape index (κ2) is 7.06. The van der Waals surface area contributed by atoms with Gasteiger partial charge in [-0.05, 0) is 18.9 Å². The minimum Gasteiger partial charge on any atom is -0.350 e. The Kier molecular flexibility index (Phi) is 5.14. The van der Waals surface area contributed by atoms with E-state index in [0.29, 0.717) is 13.0 Å². The van der Waals surface area contributed by atoms with Crippen molar-refractivity contribution < 1.29 is 14.4 Å². The third-order valence-electron chi connectivity index (χ3n) is 3.60. The van der Waals surface area contributed by atoms with Crippen molar-refractivity contribution in [1.29, 1.82) is 0 Å². The van der Waals surface area contributed by atoms with E-state index in [1.807, 2.05) is 38.1 Å². The third-order valence-corrected chi connectivity index (χ3v) is 3.60. The van der Waals surface area contributed by atoms with Crippen molar-refractivity contribution in [3.63, 3.8) is 0 Å².